The van der Waals surface area contributed by atoms with Crippen molar-refractivity contribution in [3.8, 4) is 0 Å². The van der Waals surface area contributed by atoms with E-state index in [1.165, 1.54) is 141 Å². The number of aliphatic hydroxyl groups is 1. The number of hydrogen-bond donors (Lipinski definition) is 1. The molecule has 0 aromatic rings. The standard InChI is InChI=1S/C45H82O5/c1-3-5-7-9-11-13-15-17-19-21-22-24-26-28-30-32-34-36-38-40-45(48)50-43(41-46)42-49-44(47)39-37-35-33-31-29-27-25-23-20-18-16-14-12-10-8-6-4-2/h12,14,17-20,43,46H,3-11,13,15-16,21-42H2,1-2H3. The van der Waals surface area contributed by atoms with Crippen molar-refractivity contribution in [2.75, 3.05) is 13.2 Å². The van der Waals surface area contributed by atoms with E-state index in [4.69, 9.17) is 9.47 Å². The number of unbranched alkanes of at least 4 members (excludes halogenated alkanes) is 25. The van der Waals surface area contributed by atoms with Crippen molar-refractivity contribution in [3.05, 3.63) is 36.5 Å². The lowest BCUT2D eigenvalue weighted by Gasteiger charge is -2.15. The van der Waals surface area contributed by atoms with Gasteiger partial charge in [0.05, 0.1) is 6.61 Å². The van der Waals surface area contributed by atoms with Crippen LogP contribution < -0.4 is 0 Å². The maximum Gasteiger partial charge on any atom is 0.306 e. The third kappa shape index (κ3) is 38.9. The molecule has 0 aliphatic carbocycles. The summed E-state index contributed by atoms with van der Waals surface area (Å²) in [5.41, 5.74) is 0. The van der Waals surface area contributed by atoms with Crippen molar-refractivity contribution in [1.29, 1.82) is 0 Å². The molecular formula is C45H82O5. The quantitative estimate of drug-likeness (QED) is 0.0392. The van der Waals surface area contributed by atoms with Crippen molar-refractivity contribution in [3.63, 3.8) is 0 Å². The fourth-order valence-corrected chi connectivity index (χ4v) is 6.11. The SMILES string of the molecule is CCCCCC=CCC=CCCCCCCCCCC(=O)OCC(CO)OC(=O)CCCCCCCCCCCC=CCCCCCCCC. The second-order valence-electron chi connectivity index (χ2n) is 14.4. The van der Waals surface area contributed by atoms with Crippen molar-refractivity contribution < 1.29 is 24.2 Å². The van der Waals surface area contributed by atoms with Gasteiger partial charge in [0.25, 0.3) is 0 Å². The second-order valence-corrected chi connectivity index (χ2v) is 14.4. The van der Waals surface area contributed by atoms with Gasteiger partial charge in [-0.2, -0.15) is 0 Å². The molecule has 0 bridgehead atoms. The highest BCUT2D eigenvalue weighted by molar-refractivity contribution is 5.70. The summed E-state index contributed by atoms with van der Waals surface area (Å²) in [6, 6.07) is 0. The molecule has 0 aliphatic heterocycles. The van der Waals surface area contributed by atoms with Gasteiger partial charge in [0.1, 0.15) is 6.61 Å². The summed E-state index contributed by atoms with van der Waals surface area (Å²) in [7, 11) is 0. The van der Waals surface area contributed by atoms with Gasteiger partial charge in [0.2, 0.25) is 0 Å². The first-order chi connectivity index (χ1) is 24.6. The Morgan fingerprint density at radius 1 is 0.460 bits per heavy atom. The average Bonchev–Trinajstić information content (AvgIpc) is 3.12. The molecule has 1 unspecified atom stereocenters. The number of allylic oxidation sites excluding steroid dienone is 6. The molecule has 292 valence electrons. The van der Waals surface area contributed by atoms with Crippen LogP contribution >= 0.6 is 0 Å². The predicted octanol–water partition coefficient (Wildman–Crippen LogP) is 13.6. The fraction of sp³-hybridized carbons (Fsp3) is 0.822. The average molecular weight is 703 g/mol. The van der Waals surface area contributed by atoms with E-state index < -0.39 is 6.10 Å². The fourth-order valence-electron chi connectivity index (χ4n) is 6.11. The Bertz CT molecular complexity index is 801. The highest BCUT2D eigenvalue weighted by atomic mass is 16.6. The summed E-state index contributed by atoms with van der Waals surface area (Å²) in [6.07, 6.45) is 50.6. The molecule has 5 nitrogen and oxygen atoms in total. The topological polar surface area (TPSA) is 72.8 Å². The number of carbonyl (C=O) groups excluding carboxylic acids is 2. The van der Waals surface area contributed by atoms with E-state index in [-0.39, 0.29) is 25.2 Å². The van der Waals surface area contributed by atoms with E-state index in [9.17, 15) is 14.7 Å². The van der Waals surface area contributed by atoms with Crippen LogP contribution in [0.1, 0.15) is 219 Å². The largest absolute Gasteiger partial charge is 0.462 e. The summed E-state index contributed by atoms with van der Waals surface area (Å²) in [5.74, 6) is -0.597. The molecule has 0 saturated carbocycles. The van der Waals surface area contributed by atoms with Gasteiger partial charge in [0, 0.05) is 12.8 Å². The van der Waals surface area contributed by atoms with Crippen molar-refractivity contribution in [2.24, 2.45) is 0 Å². The monoisotopic (exact) mass is 703 g/mol. The Hall–Kier alpha value is -1.88. The minimum absolute atomic E-state index is 0.0692. The number of esters is 2. The van der Waals surface area contributed by atoms with Crippen LogP contribution in [0.2, 0.25) is 0 Å². The maximum atomic E-state index is 12.2. The van der Waals surface area contributed by atoms with Gasteiger partial charge in [-0.15, -0.1) is 0 Å². The van der Waals surface area contributed by atoms with Crippen molar-refractivity contribution >= 4 is 11.9 Å². The summed E-state index contributed by atoms with van der Waals surface area (Å²) in [4.78, 5) is 24.3. The molecule has 1 N–H and O–H groups in total. The van der Waals surface area contributed by atoms with Gasteiger partial charge in [-0.1, -0.05) is 172 Å². The van der Waals surface area contributed by atoms with Gasteiger partial charge in [-0.05, 0) is 70.6 Å². The molecular weight excluding hydrogens is 620 g/mol. The molecule has 0 rings (SSSR count). The van der Waals surface area contributed by atoms with Gasteiger partial charge in [-0.25, -0.2) is 0 Å². The van der Waals surface area contributed by atoms with Crippen molar-refractivity contribution in [2.45, 2.75) is 225 Å². The first kappa shape index (κ1) is 48.1. The Morgan fingerprint density at radius 2 is 0.800 bits per heavy atom. The molecule has 0 fully saturated rings. The number of ether oxygens (including phenoxy) is 2. The van der Waals surface area contributed by atoms with E-state index in [1.807, 2.05) is 0 Å². The Morgan fingerprint density at radius 3 is 1.24 bits per heavy atom. The first-order valence-corrected chi connectivity index (χ1v) is 21.5. The van der Waals surface area contributed by atoms with Crippen LogP contribution in [0.4, 0.5) is 0 Å². The zero-order valence-electron chi connectivity index (χ0n) is 33.2. The predicted molar refractivity (Wildman–Crippen MR) is 214 cm³/mol. The first-order valence-electron chi connectivity index (χ1n) is 21.5. The van der Waals surface area contributed by atoms with Crippen LogP contribution in [-0.4, -0.2) is 36.4 Å². The van der Waals surface area contributed by atoms with Crippen LogP contribution in [-0.2, 0) is 19.1 Å². The molecule has 0 aliphatic rings. The van der Waals surface area contributed by atoms with E-state index in [0.717, 1.165) is 51.4 Å². The number of hydrogen-bond acceptors (Lipinski definition) is 5. The van der Waals surface area contributed by atoms with E-state index in [1.54, 1.807) is 0 Å². The van der Waals surface area contributed by atoms with Crippen LogP contribution in [0.3, 0.4) is 0 Å². The van der Waals surface area contributed by atoms with E-state index in [0.29, 0.717) is 12.8 Å². The smallest absolute Gasteiger partial charge is 0.306 e. The molecule has 0 amide bonds. The van der Waals surface area contributed by atoms with Gasteiger partial charge in [0.15, 0.2) is 6.10 Å². The van der Waals surface area contributed by atoms with Gasteiger partial charge >= 0.3 is 11.9 Å². The summed E-state index contributed by atoms with van der Waals surface area (Å²) < 4.78 is 10.6. The molecule has 0 aromatic carbocycles. The molecule has 0 aromatic heterocycles. The molecule has 0 spiro atoms. The minimum atomic E-state index is -0.774. The highest BCUT2D eigenvalue weighted by Gasteiger charge is 2.16. The second kappa shape index (κ2) is 41.5. The summed E-state index contributed by atoms with van der Waals surface area (Å²) in [5, 5.41) is 9.58. The van der Waals surface area contributed by atoms with Crippen LogP contribution in [0.25, 0.3) is 0 Å². The van der Waals surface area contributed by atoms with Gasteiger partial charge < -0.3 is 14.6 Å². The number of carbonyl (C=O) groups is 2. The molecule has 1 atom stereocenters. The lowest BCUT2D eigenvalue weighted by molar-refractivity contribution is -0.161. The molecule has 50 heavy (non-hydrogen) atoms. The third-order valence-electron chi connectivity index (χ3n) is 9.41. The lowest BCUT2D eigenvalue weighted by atomic mass is 10.1. The minimum Gasteiger partial charge on any atom is -0.462 e. The molecule has 5 heteroatoms. The Kier molecular flexibility index (Phi) is 40.0. The normalized spacial score (nSPS) is 12.5. The maximum absolute atomic E-state index is 12.2. The van der Waals surface area contributed by atoms with Crippen LogP contribution in [0.15, 0.2) is 36.5 Å². The summed E-state index contributed by atoms with van der Waals surface area (Å²) in [6.45, 7) is 4.11. The number of aliphatic hydroxyl groups excluding tert-OH is 1. The highest BCUT2D eigenvalue weighted by Crippen LogP contribution is 2.14. The third-order valence-corrected chi connectivity index (χ3v) is 9.41. The molecule has 0 heterocycles. The Labute approximate surface area is 310 Å². The van der Waals surface area contributed by atoms with Crippen LogP contribution in [0.5, 0.6) is 0 Å². The zero-order chi connectivity index (χ0) is 36.4. The summed E-state index contributed by atoms with van der Waals surface area (Å²) >= 11 is 0. The molecule has 0 saturated heterocycles. The van der Waals surface area contributed by atoms with Gasteiger partial charge in [-0.3, -0.25) is 9.59 Å². The van der Waals surface area contributed by atoms with Crippen LogP contribution in [0, 0.1) is 0 Å². The number of rotatable bonds is 39. The van der Waals surface area contributed by atoms with Crippen molar-refractivity contribution in [1.82, 2.24) is 0 Å². The molecule has 0 radical (unpaired) electrons. The Balaban J connectivity index is 3.54. The van der Waals surface area contributed by atoms with E-state index >= 15 is 0 Å². The van der Waals surface area contributed by atoms with E-state index in [2.05, 4.69) is 50.3 Å². The lowest BCUT2D eigenvalue weighted by Crippen LogP contribution is -2.28. The zero-order valence-corrected chi connectivity index (χ0v) is 33.2.